The van der Waals surface area contributed by atoms with Gasteiger partial charge in [-0.15, -0.1) is 0 Å². The number of hydrogen-bond donors (Lipinski definition) is 1. The van der Waals surface area contributed by atoms with Gasteiger partial charge in [0, 0.05) is 7.05 Å². The average Bonchev–Trinajstić information content (AvgIpc) is 2.52. The highest BCUT2D eigenvalue weighted by atomic mass is 28.4. The lowest BCUT2D eigenvalue weighted by molar-refractivity contribution is -0.143. The average molecular weight is 368 g/mol. The lowest BCUT2D eigenvalue weighted by atomic mass is 10.2. The van der Waals surface area contributed by atoms with E-state index >= 15 is 0 Å². The summed E-state index contributed by atoms with van der Waals surface area (Å²) in [6.45, 7) is 10.4. The smallest absolute Gasteiger partial charge is 0.410 e. The van der Waals surface area contributed by atoms with E-state index in [2.05, 4.69) is 20.8 Å². The summed E-state index contributed by atoms with van der Waals surface area (Å²) in [4.78, 5) is 24.8. The van der Waals surface area contributed by atoms with E-state index in [1.54, 1.807) is 0 Å². The maximum absolute atomic E-state index is 12.2. The number of carboxylic acids is 1. The molecule has 0 spiro atoms. The van der Waals surface area contributed by atoms with Gasteiger partial charge >= 0.3 is 12.1 Å². The van der Waals surface area contributed by atoms with Gasteiger partial charge in [0.2, 0.25) is 0 Å². The first-order chi connectivity index (χ1) is 11.5. The van der Waals surface area contributed by atoms with E-state index in [1.807, 2.05) is 43.4 Å². The van der Waals surface area contributed by atoms with Crippen molar-refractivity contribution in [1.82, 2.24) is 4.90 Å². The third-order valence-electron chi connectivity index (χ3n) is 4.65. The van der Waals surface area contributed by atoms with Gasteiger partial charge in [0.15, 0.2) is 14.4 Å². The molecule has 0 unspecified atom stereocenters. The second-order valence-electron chi connectivity index (χ2n) is 7.58. The molecule has 1 atom stereocenters. The molecule has 0 aliphatic rings. The monoisotopic (exact) mass is 367 g/mol. The fourth-order valence-electron chi connectivity index (χ4n) is 1.80. The van der Waals surface area contributed by atoms with Crippen molar-refractivity contribution in [2.75, 3.05) is 13.7 Å². The van der Waals surface area contributed by atoms with E-state index in [9.17, 15) is 14.7 Å². The van der Waals surface area contributed by atoms with Crippen molar-refractivity contribution < 1.29 is 23.9 Å². The van der Waals surface area contributed by atoms with E-state index in [0.29, 0.717) is 0 Å². The molecule has 25 heavy (non-hydrogen) atoms. The van der Waals surface area contributed by atoms with Crippen LogP contribution in [0.1, 0.15) is 26.3 Å². The SMILES string of the molecule is CN(C(=O)OCc1ccccc1)[C@@H](CO[Si](C)(C)C(C)(C)C)C(=O)O. The summed E-state index contributed by atoms with van der Waals surface area (Å²) in [6, 6.07) is 8.15. The number of nitrogens with zero attached hydrogens (tertiary/aromatic N) is 1. The van der Waals surface area contributed by atoms with Crippen LogP contribution in [0.15, 0.2) is 30.3 Å². The van der Waals surface area contributed by atoms with E-state index < -0.39 is 26.4 Å². The Hall–Kier alpha value is -1.86. The van der Waals surface area contributed by atoms with Gasteiger partial charge in [-0.05, 0) is 23.7 Å². The molecule has 0 bridgehead atoms. The molecule has 6 nitrogen and oxygen atoms in total. The molecule has 0 aliphatic heterocycles. The number of carboxylic acid groups (broad SMARTS) is 1. The molecule has 140 valence electrons. The Morgan fingerprint density at radius 2 is 1.76 bits per heavy atom. The third kappa shape index (κ3) is 6.17. The Balaban J connectivity index is 2.68. The highest BCUT2D eigenvalue weighted by molar-refractivity contribution is 6.74. The van der Waals surface area contributed by atoms with Crippen molar-refractivity contribution in [3.8, 4) is 0 Å². The minimum Gasteiger partial charge on any atom is -0.480 e. The van der Waals surface area contributed by atoms with Crippen LogP contribution in [0.4, 0.5) is 4.79 Å². The Kier molecular flexibility index (Phi) is 7.19. The predicted octanol–water partition coefficient (Wildman–Crippen LogP) is 3.73. The zero-order valence-electron chi connectivity index (χ0n) is 15.9. The van der Waals surface area contributed by atoms with Crippen LogP contribution in [0.2, 0.25) is 18.1 Å². The molecule has 0 saturated heterocycles. The predicted molar refractivity (Wildman–Crippen MR) is 99.0 cm³/mol. The number of carbonyl (C=O) groups is 2. The minimum atomic E-state index is -2.11. The Labute approximate surface area is 150 Å². The molecule has 0 aliphatic carbocycles. The van der Waals surface area contributed by atoms with Crippen molar-refractivity contribution in [1.29, 1.82) is 0 Å². The van der Waals surface area contributed by atoms with Gasteiger partial charge in [0.05, 0.1) is 6.61 Å². The Bertz CT molecular complexity index is 583. The van der Waals surface area contributed by atoms with Crippen LogP contribution in [0.3, 0.4) is 0 Å². The van der Waals surface area contributed by atoms with Crippen molar-refractivity contribution in [2.45, 2.75) is 51.6 Å². The summed E-state index contributed by atoms with van der Waals surface area (Å²) >= 11 is 0. The number of aliphatic carboxylic acids is 1. The van der Waals surface area contributed by atoms with Crippen LogP contribution in [0.5, 0.6) is 0 Å². The molecule has 1 amide bonds. The van der Waals surface area contributed by atoms with Crippen molar-refractivity contribution in [3.05, 3.63) is 35.9 Å². The maximum atomic E-state index is 12.2. The summed E-state index contributed by atoms with van der Waals surface area (Å²) in [6.07, 6.45) is -0.685. The molecule has 0 aromatic heterocycles. The molecule has 0 saturated carbocycles. The quantitative estimate of drug-likeness (QED) is 0.743. The summed E-state index contributed by atoms with van der Waals surface area (Å²) in [5, 5.41) is 9.42. The van der Waals surface area contributed by atoms with Gasteiger partial charge in [-0.3, -0.25) is 4.90 Å². The topological polar surface area (TPSA) is 76.1 Å². The van der Waals surface area contributed by atoms with Crippen molar-refractivity contribution >= 4 is 20.4 Å². The number of likely N-dealkylation sites (N-methyl/N-ethyl adjacent to an activating group) is 1. The highest BCUT2D eigenvalue weighted by Gasteiger charge is 2.39. The molecule has 1 rings (SSSR count). The first kappa shape index (κ1) is 21.2. The van der Waals surface area contributed by atoms with Crippen molar-refractivity contribution in [3.63, 3.8) is 0 Å². The van der Waals surface area contributed by atoms with Gasteiger partial charge in [-0.25, -0.2) is 9.59 Å². The highest BCUT2D eigenvalue weighted by Crippen LogP contribution is 2.36. The van der Waals surface area contributed by atoms with E-state index in [4.69, 9.17) is 9.16 Å². The first-order valence-electron chi connectivity index (χ1n) is 8.26. The summed E-state index contributed by atoms with van der Waals surface area (Å²) in [5.74, 6) is -1.11. The number of benzene rings is 1. The zero-order valence-corrected chi connectivity index (χ0v) is 16.9. The summed E-state index contributed by atoms with van der Waals surface area (Å²) in [7, 11) is -0.690. The third-order valence-corrected chi connectivity index (χ3v) is 9.15. The standard InChI is InChI=1S/C18H29NO5Si/c1-18(2,3)25(5,6)24-13-15(16(20)21)19(4)17(22)23-12-14-10-8-7-9-11-14/h7-11,15H,12-13H2,1-6H3,(H,20,21)/t15-/m0/s1. The molecule has 1 aromatic carbocycles. The van der Waals surface area contributed by atoms with Gasteiger partial charge in [0.1, 0.15) is 6.61 Å². The molecule has 0 radical (unpaired) electrons. The van der Waals surface area contributed by atoms with Crippen LogP contribution in [0, 0.1) is 0 Å². The number of rotatable bonds is 7. The number of carbonyl (C=O) groups excluding carboxylic acids is 1. The van der Waals surface area contributed by atoms with Gasteiger partial charge < -0.3 is 14.3 Å². The van der Waals surface area contributed by atoms with Crippen LogP contribution in [-0.4, -0.2) is 50.1 Å². The lowest BCUT2D eigenvalue weighted by Gasteiger charge is -2.37. The van der Waals surface area contributed by atoms with Crippen LogP contribution >= 0.6 is 0 Å². The lowest BCUT2D eigenvalue weighted by Crippen LogP contribution is -2.50. The fraction of sp³-hybridized carbons (Fsp3) is 0.556. The minimum absolute atomic E-state index is 0.0392. The van der Waals surface area contributed by atoms with Gasteiger partial charge in [0.25, 0.3) is 0 Å². The second-order valence-corrected chi connectivity index (χ2v) is 12.4. The number of hydrogen-bond acceptors (Lipinski definition) is 4. The van der Waals surface area contributed by atoms with Crippen molar-refractivity contribution in [2.24, 2.45) is 0 Å². The first-order valence-corrected chi connectivity index (χ1v) is 11.2. The van der Waals surface area contributed by atoms with Crippen LogP contribution < -0.4 is 0 Å². The molecule has 7 heteroatoms. The fourth-order valence-corrected chi connectivity index (χ4v) is 2.81. The normalized spacial score (nSPS) is 13.2. The van der Waals surface area contributed by atoms with E-state index in [1.165, 1.54) is 7.05 Å². The molecular weight excluding hydrogens is 338 g/mol. The van der Waals surface area contributed by atoms with E-state index in [-0.39, 0.29) is 18.3 Å². The molecule has 0 heterocycles. The summed E-state index contributed by atoms with van der Waals surface area (Å²) in [5.41, 5.74) is 0.841. The summed E-state index contributed by atoms with van der Waals surface area (Å²) < 4.78 is 11.2. The zero-order chi connectivity index (χ0) is 19.3. The molecular formula is C18H29NO5Si. The largest absolute Gasteiger partial charge is 0.480 e. The van der Waals surface area contributed by atoms with Gasteiger partial charge in [-0.1, -0.05) is 51.1 Å². The van der Waals surface area contributed by atoms with Crippen LogP contribution in [-0.2, 0) is 20.6 Å². The van der Waals surface area contributed by atoms with Crippen LogP contribution in [0.25, 0.3) is 0 Å². The maximum Gasteiger partial charge on any atom is 0.410 e. The molecule has 1 aromatic rings. The molecule has 0 fully saturated rings. The Morgan fingerprint density at radius 1 is 1.20 bits per heavy atom. The number of ether oxygens (including phenoxy) is 1. The van der Waals surface area contributed by atoms with E-state index in [0.717, 1.165) is 10.5 Å². The Morgan fingerprint density at radius 3 is 2.24 bits per heavy atom. The number of amides is 1. The second kappa shape index (κ2) is 8.49. The molecule has 1 N–H and O–H groups in total. The van der Waals surface area contributed by atoms with Gasteiger partial charge in [-0.2, -0.15) is 0 Å².